The second-order valence-corrected chi connectivity index (χ2v) is 9.28. The van der Waals surface area contributed by atoms with Gasteiger partial charge in [0.2, 0.25) is 5.95 Å². The lowest BCUT2D eigenvalue weighted by molar-refractivity contribution is -0.383. The summed E-state index contributed by atoms with van der Waals surface area (Å²) < 4.78 is 39.1. The molecule has 2 aromatic heterocycles. The van der Waals surface area contributed by atoms with Crippen molar-refractivity contribution >= 4 is 38.1 Å². The molecule has 11 heteroatoms. The number of H-pyrrole nitrogens is 1. The molecule has 0 saturated heterocycles. The minimum Gasteiger partial charge on any atom is -0.355 e. The molecular weight excluding hydrogens is 437 g/mol. The Morgan fingerprint density at radius 3 is 2.69 bits per heavy atom. The number of nitro groups is 1. The van der Waals surface area contributed by atoms with Gasteiger partial charge in [-0.1, -0.05) is 25.1 Å². The lowest BCUT2D eigenvalue weighted by Gasteiger charge is -2.11. The second-order valence-electron chi connectivity index (χ2n) is 7.03. The highest BCUT2D eigenvalue weighted by atomic mass is 32.2. The molecule has 0 aliphatic heterocycles. The summed E-state index contributed by atoms with van der Waals surface area (Å²) in [6, 6.07) is 8.76. The number of fused-ring (bicyclic) bond motifs is 1. The van der Waals surface area contributed by atoms with Crippen molar-refractivity contribution in [2.75, 3.05) is 11.1 Å². The van der Waals surface area contributed by atoms with Gasteiger partial charge in [-0.05, 0) is 24.6 Å². The fourth-order valence-corrected chi connectivity index (χ4v) is 4.36. The van der Waals surface area contributed by atoms with Crippen LogP contribution in [0.1, 0.15) is 12.5 Å². The maximum absolute atomic E-state index is 14.9. The van der Waals surface area contributed by atoms with Crippen molar-refractivity contribution < 1.29 is 17.7 Å². The zero-order valence-corrected chi connectivity index (χ0v) is 17.9. The molecule has 2 N–H and O–H groups in total. The molecule has 0 unspecified atom stereocenters. The van der Waals surface area contributed by atoms with Crippen molar-refractivity contribution in [3.05, 3.63) is 70.3 Å². The van der Waals surface area contributed by atoms with Crippen LogP contribution in [-0.4, -0.2) is 34.0 Å². The van der Waals surface area contributed by atoms with Crippen LogP contribution in [0.5, 0.6) is 0 Å². The van der Waals surface area contributed by atoms with Crippen molar-refractivity contribution in [2.45, 2.75) is 18.7 Å². The van der Waals surface area contributed by atoms with Crippen molar-refractivity contribution in [1.82, 2.24) is 15.0 Å². The fraction of sp³-hybridized carbons (Fsp3) is 0.143. The van der Waals surface area contributed by atoms with E-state index in [1.54, 1.807) is 25.3 Å². The van der Waals surface area contributed by atoms with Gasteiger partial charge >= 0.3 is 0 Å². The standard InChI is InChI=1S/C21H18FN5O4S/c1-3-32(30,31)17-9-5-7-15(18(17)22)25-21-24-10-12(2)19(26-21)14-11-23-20-13(14)6-4-8-16(20)27(28)29/h4-11,23H,3H2,1-2H3,(H,24,25,26). The van der Waals surface area contributed by atoms with Gasteiger partial charge < -0.3 is 10.3 Å². The van der Waals surface area contributed by atoms with E-state index in [1.165, 1.54) is 37.4 Å². The molecular formula is C21H18FN5O4S. The van der Waals surface area contributed by atoms with E-state index in [4.69, 9.17) is 0 Å². The molecule has 0 saturated carbocycles. The van der Waals surface area contributed by atoms with E-state index in [0.29, 0.717) is 27.7 Å². The predicted molar refractivity (Wildman–Crippen MR) is 118 cm³/mol. The van der Waals surface area contributed by atoms with E-state index < -0.39 is 25.5 Å². The maximum atomic E-state index is 14.9. The highest BCUT2D eigenvalue weighted by Gasteiger charge is 2.21. The Labute approximate surface area is 182 Å². The van der Waals surface area contributed by atoms with Gasteiger partial charge in [-0.25, -0.2) is 22.8 Å². The van der Waals surface area contributed by atoms with Crippen molar-refractivity contribution in [3.63, 3.8) is 0 Å². The summed E-state index contributed by atoms with van der Waals surface area (Å²) >= 11 is 0. The normalized spacial score (nSPS) is 11.6. The largest absolute Gasteiger partial charge is 0.355 e. The summed E-state index contributed by atoms with van der Waals surface area (Å²) in [6.45, 7) is 3.22. The van der Waals surface area contributed by atoms with Crippen LogP contribution in [0.2, 0.25) is 0 Å². The summed E-state index contributed by atoms with van der Waals surface area (Å²) in [5.41, 5.74) is 2.04. The second kappa shape index (κ2) is 8.00. The lowest BCUT2D eigenvalue weighted by atomic mass is 10.1. The molecule has 32 heavy (non-hydrogen) atoms. The van der Waals surface area contributed by atoms with Crippen LogP contribution in [0, 0.1) is 22.9 Å². The van der Waals surface area contributed by atoms with Gasteiger partial charge in [-0.2, -0.15) is 0 Å². The smallest absolute Gasteiger partial charge is 0.293 e. The van der Waals surface area contributed by atoms with Crippen LogP contribution in [0.3, 0.4) is 0 Å². The average molecular weight is 455 g/mol. The molecule has 0 atom stereocenters. The van der Waals surface area contributed by atoms with E-state index in [9.17, 15) is 22.9 Å². The Bertz CT molecular complexity index is 1470. The first-order valence-corrected chi connectivity index (χ1v) is 11.2. The Morgan fingerprint density at radius 2 is 1.97 bits per heavy atom. The maximum Gasteiger partial charge on any atom is 0.293 e. The number of hydrogen-bond acceptors (Lipinski definition) is 7. The van der Waals surface area contributed by atoms with Crippen LogP contribution in [-0.2, 0) is 9.84 Å². The van der Waals surface area contributed by atoms with Gasteiger partial charge in [-0.15, -0.1) is 0 Å². The number of rotatable bonds is 6. The molecule has 4 aromatic rings. The Kier molecular flexibility index (Phi) is 5.35. The van der Waals surface area contributed by atoms with E-state index in [1.807, 2.05) is 0 Å². The molecule has 2 aromatic carbocycles. The van der Waals surface area contributed by atoms with Gasteiger partial charge in [0, 0.05) is 29.4 Å². The molecule has 0 spiro atoms. The Hall–Kier alpha value is -3.86. The van der Waals surface area contributed by atoms with Crippen LogP contribution in [0.25, 0.3) is 22.2 Å². The number of benzene rings is 2. The minimum atomic E-state index is -3.74. The number of nitrogens with zero attached hydrogens (tertiary/aromatic N) is 3. The number of para-hydroxylation sites is 1. The molecule has 0 radical (unpaired) electrons. The highest BCUT2D eigenvalue weighted by molar-refractivity contribution is 7.91. The molecule has 0 aliphatic carbocycles. The number of anilines is 2. The number of nitro benzene ring substituents is 1. The quantitative estimate of drug-likeness (QED) is 0.323. The van der Waals surface area contributed by atoms with E-state index >= 15 is 0 Å². The van der Waals surface area contributed by atoms with Crippen LogP contribution in [0.15, 0.2) is 53.7 Å². The third kappa shape index (κ3) is 3.66. The van der Waals surface area contributed by atoms with Gasteiger partial charge in [0.1, 0.15) is 10.4 Å². The number of aromatic amines is 1. The fourth-order valence-electron chi connectivity index (χ4n) is 3.38. The monoisotopic (exact) mass is 455 g/mol. The summed E-state index contributed by atoms with van der Waals surface area (Å²) in [5.74, 6) is -1.09. The number of non-ortho nitro benzene ring substituents is 1. The molecule has 0 aliphatic rings. The third-order valence-corrected chi connectivity index (χ3v) is 6.79. The van der Waals surface area contributed by atoms with Crippen molar-refractivity contribution in [3.8, 4) is 11.3 Å². The molecule has 4 rings (SSSR count). The van der Waals surface area contributed by atoms with Crippen LogP contribution >= 0.6 is 0 Å². The number of halogens is 1. The summed E-state index contributed by atoms with van der Waals surface area (Å²) in [4.78, 5) is 22.0. The zero-order valence-electron chi connectivity index (χ0n) is 17.1. The molecule has 0 bridgehead atoms. The Balaban J connectivity index is 1.78. The van der Waals surface area contributed by atoms with Crippen LogP contribution < -0.4 is 5.32 Å². The summed E-state index contributed by atoms with van der Waals surface area (Å²) in [7, 11) is -3.74. The molecule has 0 amide bonds. The topological polar surface area (TPSA) is 131 Å². The number of nitrogens with one attached hydrogen (secondary N) is 2. The molecule has 2 heterocycles. The van der Waals surface area contributed by atoms with Gasteiger partial charge in [0.05, 0.1) is 22.1 Å². The number of sulfone groups is 1. The molecule has 0 fully saturated rings. The molecule has 9 nitrogen and oxygen atoms in total. The zero-order chi connectivity index (χ0) is 23.0. The summed E-state index contributed by atoms with van der Waals surface area (Å²) in [5, 5.41) is 14.6. The molecule has 164 valence electrons. The first kappa shape index (κ1) is 21.4. The number of hydrogen-bond donors (Lipinski definition) is 2. The van der Waals surface area contributed by atoms with Crippen molar-refractivity contribution in [2.24, 2.45) is 0 Å². The van der Waals surface area contributed by atoms with Gasteiger partial charge in [0.25, 0.3) is 5.69 Å². The minimum absolute atomic E-state index is 0.0512. The van der Waals surface area contributed by atoms with E-state index in [-0.39, 0.29) is 23.1 Å². The van der Waals surface area contributed by atoms with Crippen LogP contribution in [0.4, 0.5) is 21.7 Å². The van der Waals surface area contributed by atoms with Gasteiger partial charge in [-0.3, -0.25) is 10.1 Å². The predicted octanol–water partition coefficient (Wildman–Crippen LogP) is 4.52. The number of aromatic nitrogens is 3. The SMILES string of the molecule is CCS(=O)(=O)c1cccc(Nc2ncc(C)c(-c3c[nH]c4c([N+](=O)[O-])cccc34)n2)c1F. The third-order valence-electron chi connectivity index (χ3n) is 5.04. The van der Waals surface area contributed by atoms with Gasteiger partial charge in [0.15, 0.2) is 15.7 Å². The van der Waals surface area contributed by atoms with Crippen molar-refractivity contribution in [1.29, 1.82) is 0 Å². The number of aryl methyl sites for hydroxylation is 1. The van der Waals surface area contributed by atoms with E-state index in [0.717, 1.165) is 0 Å². The first-order valence-electron chi connectivity index (χ1n) is 9.59. The summed E-state index contributed by atoms with van der Waals surface area (Å²) in [6.07, 6.45) is 3.15. The Morgan fingerprint density at radius 1 is 1.22 bits per heavy atom. The lowest BCUT2D eigenvalue weighted by Crippen LogP contribution is -2.08. The average Bonchev–Trinajstić information content (AvgIpc) is 3.20. The van der Waals surface area contributed by atoms with E-state index in [2.05, 4.69) is 20.3 Å². The highest BCUT2D eigenvalue weighted by Crippen LogP contribution is 2.34. The first-order chi connectivity index (χ1) is 15.2.